The Bertz CT molecular complexity index is 778. The Morgan fingerprint density at radius 3 is 2.56 bits per heavy atom. The first kappa shape index (κ1) is 19.1. The fraction of sp³-hybridized carbons (Fsp3) is 0.176. The van der Waals surface area contributed by atoms with Crippen LogP contribution in [0.1, 0.15) is 17.3 Å². The van der Waals surface area contributed by atoms with E-state index in [-0.39, 0.29) is 5.91 Å². The van der Waals surface area contributed by atoms with Crippen LogP contribution in [0.5, 0.6) is 5.75 Å². The molecule has 0 unspecified atom stereocenters. The number of halogens is 2. The number of hydrogen-bond acceptors (Lipinski definition) is 3. The molecule has 0 aliphatic rings. The summed E-state index contributed by atoms with van der Waals surface area (Å²) in [6, 6.07) is 9.35. The van der Waals surface area contributed by atoms with Crippen molar-refractivity contribution in [3.05, 3.63) is 51.5 Å². The van der Waals surface area contributed by atoms with Crippen LogP contribution in [0.2, 0.25) is 5.02 Å². The van der Waals surface area contributed by atoms with E-state index < -0.39 is 6.03 Å². The maximum atomic E-state index is 12.3. The zero-order valence-corrected chi connectivity index (χ0v) is 16.0. The van der Waals surface area contributed by atoms with Gasteiger partial charge in [-0.1, -0.05) is 27.5 Å². The maximum absolute atomic E-state index is 12.3. The van der Waals surface area contributed by atoms with E-state index in [0.717, 1.165) is 4.47 Å². The first-order chi connectivity index (χ1) is 11.9. The third-order valence-corrected chi connectivity index (χ3v) is 3.85. The molecule has 0 bridgehead atoms. The van der Waals surface area contributed by atoms with Gasteiger partial charge in [0.25, 0.3) is 5.91 Å². The van der Waals surface area contributed by atoms with Crippen LogP contribution in [0.25, 0.3) is 0 Å². The second-order valence-electron chi connectivity index (χ2n) is 5.01. The minimum absolute atomic E-state index is 0.286. The molecule has 0 saturated heterocycles. The van der Waals surface area contributed by atoms with E-state index in [0.29, 0.717) is 34.3 Å². The van der Waals surface area contributed by atoms with Crippen molar-refractivity contribution < 1.29 is 14.3 Å². The summed E-state index contributed by atoms with van der Waals surface area (Å²) in [6.07, 6.45) is 0. The van der Waals surface area contributed by atoms with Crippen molar-refractivity contribution in [2.75, 3.05) is 24.3 Å². The minimum Gasteiger partial charge on any atom is -0.497 e. The van der Waals surface area contributed by atoms with E-state index in [2.05, 4.69) is 31.9 Å². The minimum atomic E-state index is -0.507. The Labute approximate surface area is 159 Å². The first-order valence-electron chi connectivity index (χ1n) is 7.43. The highest BCUT2D eigenvalue weighted by molar-refractivity contribution is 9.10. The van der Waals surface area contributed by atoms with Crippen LogP contribution in [0.3, 0.4) is 0 Å². The van der Waals surface area contributed by atoms with Crippen molar-refractivity contribution in [1.82, 2.24) is 5.32 Å². The molecule has 25 heavy (non-hydrogen) atoms. The normalized spacial score (nSPS) is 10.1. The highest BCUT2D eigenvalue weighted by Crippen LogP contribution is 2.25. The lowest BCUT2D eigenvalue weighted by Gasteiger charge is -2.13. The molecule has 3 amide bonds. The summed E-state index contributed by atoms with van der Waals surface area (Å²) < 4.78 is 5.89. The number of urea groups is 1. The van der Waals surface area contributed by atoms with Crippen molar-refractivity contribution in [3.8, 4) is 5.75 Å². The van der Waals surface area contributed by atoms with Gasteiger partial charge in [-0.05, 0) is 37.3 Å². The van der Waals surface area contributed by atoms with Crippen LogP contribution >= 0.6 is 27.5 Å². The summed E-state index contributed by atoms with van der Waals surface area (Å²) >= 11 is 9.27. The van der Waals surface area contributed by atoms with E-state index in [1.165, 1.54) is 7.11 Å². The van der Waals surface area contributed by atoms with Crippen LogP contribution in [0.15, 0.2) is 40.9 Å². The number of carbonyl (C=O) groups is 2. The SMILES string of the molecule is CCNC(=O)c1ccc(OC)cc1NC(=O)Nc1cc(Cl)cc(Br)c1. The predicted molar refractivity (Wildman–Crippen MR) is 103 cm³/mol. The molecule has 2 aromatic carbocycles. The Hall–Kier alpha value is -2.25. The number of rotatable bonds is 5. The molecular formula is C17H17BrClN3O3. The fourth-order valence-electron chi connectivity index (χ4n) is 2.12. The lowest BCUT2D eigenvalue weighted by Crippen LogP contribution is -2.26. The first-order valence-corrected chi connectivity index (χ1v) is 8.60. The van der Waals surface area contributed by atoms with Crippen LogP contribution in [0, 0.1) is 0 Å². The van der Waals surface area contributed by atoms with E-state index in [4.69, 9.17) is 16.3 Å². The summed E-state index contributed by atoms with van der Waals surface area (Å²) in [5, 5.41) is 8.52. The molecule has 0 heterocycles. The van der Waals surface area contributed by atoms with E-state index in [1.807, 2.05) is 6.92 Å². The number of benzene rings is 2. The number of anilines is 2. The van der Waals surface area contributed by atoms with Crippen LogP contribution in [-0.2, 0) is 0 Å². The quantitative estimate of drug-likeness (QED) is 0.658. The molecule has 0 fully saturated rings. The Balaban J connectivity index is 2.22. The average molecular weight is 427 g/mol. The Kier molecular flexibility index (Phi) is 6.66. The Morgan fingerprint density at radius 2 is 1.92 bits per heavy atom. The average Bonchev–Trinajstić information content (AvgIpc) is 2.53. The molecule has 0 atom stereocenters. The Morgan fingerprint density at radius 1 is 1.16 bits per heavy atom. The summed E-state index contributed by atoms with van der Waals surface area (Å²) in [6.45, 7) is 2.30. The second kappa shape index (κ2) is 8.73. The zero-order chi connectivity index (χ0) is 18.4. The second-order valence-corrected chi connectivity index (χ2v) is 6.36. The molecule has 0 aliphatic carbocycles. The van der Waals surface area contributed by atoms with Gasteiger partial charge in [0.1, 0.15) is 5.75 Å². The van der Waals surface area contributed by atoms with Gasteiger partial charge in [-0.2, -0.15) is 0 Å². The van der Waals surface area contributed by atoms with Crippen molar-refractivity contribution in [3.63, 3.8) is 0 Å². The fourth-order valence-corrected chi connectivity index (χ4v) is 2.98. The molecule has 132 valence electrons. The summed E-state index contributed by atoms with van der Waals surface area (Å²) in [4.78, 5) is 24.4. The molecule has 0 radical (unpaired) electrons. The molecule has 2 aromatic rings. The maximum Gasteiger partial charge on any atom is 0.323 e. The summed E-state index contributed by atoms with van der Waals surface area (Å²) in [5.74, 6) is 0.236. The highest BCUT2D eigenvalue weighted by atomic mass is 79.9. The monoisotopic (exact) mass is 425 g/mol. The molecule has 0 spiro atoms. The van der Waals surface area contributed by atoms with Crippen molar-refractivity contribution in [1.29, 1.82) is 0 Å². The lowest BCUT2D eigenvalue weighted by atomic mass is 10.1. The van der Waals surface area contributed by atoms with Gasteiger partial charge in [0.05, 0.1) is 18.4 Å². The van der Waals surface area contributed by atoms with Crippen molar-refractivity contribution in [2.24, 2.45) is 0 Å². The van der Waals surface area contributed by atoms with Gasteiger partial charge in [-0.3, -0.25) is 4.79 Å². The molecular weight excluding hydrogens is 410 g/mol. The standard InChI is InChI=1S/C17H17BrClN3O3/c1-3-20-16(23)14-5-4-13(25-2)9-15(14)22-17(24)21-12-7-10(18)6-11(19)8-12/h4-9H,3H2,1-2H3,(H,20,23)(H2,21,22,24). The molecule has 8 heteroatoms. The summed E-state index contributed by atoms with van der Waals surface area (Å²) in [7, 11) is 1.51. The van der Waals surface area contributed by atoms with E-state index in [9.17, 15) is 9.59 Å². The molecule has 3 N–H and O–H groups in total. The van der Waals surface area contributed by atoms with Gasteiger partial charge in [0, 0.05) is 27.8 Å². The van der Waals surface area contributed by atoms with Crippen LogP contribution in [0.4, 0.5) is 16.2 Å². The number of carbonyl (C=O) groups excluding carboxylic acids is 2. The molecule has 0 aliphatic heterocycles. The predicted octanol–water partition coefficient (Wildman–Crippen LogP) is 4.50. The van der Waals surface area contributed by atoms with Crippen LogP contribution < -0.4 is 20.7 Å². The third kappa shape index (κ3) is 5.37. The number of hydrogen-bond donors (Lipinski definition) is 3. The number of nitrogens with one attached hydrogen (secondary N) is 3. The number of amides is 3. The molecule has 6 nitrogen and oxygen atoms in total. The van der Waals surface area contributed by atoms with Crippen molar-refractivity contribution in [2.45, 2.75) is 6.92 Å². The third-order valence-electron chi connectivity index (χ3n) is 3.18. The number of ether oxygens (including phenoxy) is 1. The van der Waals surface area contributed by atoms with Crippen LogP contribution in [-0.4, -0.2) is 25.6 Å². The van der Waals surface area contributed by atoms with E-state index >= 15 is 0 Å². The smallest absolute Gasteiger partial charge is 0.323 e. The van der Waals surface area contributed by atoms with Gasteiger partial charge < -0.3 is 20.7 Å². The van der Waals surface area contributed by atoms with Crippen molar-refractivity contribution >= 4 is 50.8 Å². The highest BCUT2D eigenvalue weighted by Gasteiger charge is 2.14. The number of methoxy groups -OCH3 is 1. The van der Waals surface area contributed by atoms with E-state index in [1.54, 1.807) is 36.4 Å². The largest absolute Gasteiger partial charge is 0.497 e. The summed E-state index contributed by atoms with van der Waals surface area (Å²) in [5.41, 5.74) is 1.19. The van der Waals surface area contributed by atoms with Gasteiger partial charge in [0.2, 0.25) is 0 Å². The van der Waals surface area contributed by atoms with Gasteiger partial charge in [-0.15, -0.1) is 0 Å². The molecule has 0 saturated carbocycles. The topological polar surface area (TPSA) is 79.5 Å². The molecule has 2 rings (SSSR count). The lowest BCUT2D eigenvalue weighted by molar-refractivity contribution is 0.0956. The van der Waals surface area contributed by atoms with Gasteiger partial charge in [-0.25, -0.2) is 4.79 Å². The van der Waals surface area contributed by atoms with Gasteiger partial charge >= 0.3 is 6.03 Å². The van der Waals surface area contributed by atoms with Gasteiger partial charge in [0.15, 0.2) is 0 Å². The molecule has 0 aromatic heterocycles. The zero-order valence-electron chi connectivity index (χ0n) is 13.7.